The van der Waals surface area contributed by atoms with Crippen LogP contribution in [0, 0.1) is 11.6 Å². The molecule has 0 aliphatic carbocycles. The molecule has 0 bridgehead atoms. The van der Waals surface area contributed by atoms with E-state index in [2.05, 4.69) is 30.4 Å². The molecule has 2 fully saturated rings. The number of hydrogen-bond acceptors (Lipinski definition) is 5. The lowest BCUT2D eigenvalue weighted by Gasteiger charge is -2.41. The molecule has 0 spiro atoms. The fourth-order valence-corrected chi connectivity index (χ4v) is 5.91. The van der Waals surface area contributed by atoms with Gasteiger partial charge in [-0.2, -0.15) is 0 Å². The van der Waals surface area contributed by atoms with Crippen molar-refractivity contribution in [3.8, 4) is 5.75 Å². The van der Waals surface area contributed by atoms with E-state index in [0.717, 1.165) is 96.0 Å². The van der Waals surface area contributed by atoms with Gasteiger partial charge >= 0.3 is 0 Å². The maximum Gasteiger partial charge on any atom is 0.167 e. The molecule has 0 amide bonds. The summed E-state index contributed by atoms with van der Waals surface area (Å²) < 4.78 is 34.8. The van der Waals surface area contributed by atoms with Gasteiger partial charge in [-0.25, -0.2) is 8.78 Å². The molecule has 4 N–H and O–H groups in total. The Balaban J connectivity index is 1.18. The largest absolute Gasteiger partial charge is 0.488 e. The first-order valence-electron chi connectivity index (χ1n) is 13.0. The number of nitrogens with zero attached hydrogens (tertiary/aromatic N) is 2. The van der Waals surface area contributed by atoms with Gasteiger partial charge in [0.15, 0.2) is 5.75 Å². The number of piperazine rings is 2. The van der Waals surface area contributed by atoms with Crippen molar-refractivity contribution in [1.29, 1.82) is 0 Å². The maximum absolute atomic E-state index is 14.1. The quantitative estimate of drug-likeness (QED) is 0.294. The van der Waals surface area contributed by atoms with Gasteiger partial charge in [-0.15, -0.1) is 0 Å². The molecule has 7 nitrogen and oxygen atoms in total. The Morgan fingerprint density at radius 1 is 0.784 bits per heavy atom. The van der Waals surface area contributed by atoms with Crippen LogP contribution in [0.1, 0.15) is 0 Å². The molecule has 1 unspecified atom stereocenters. The Bertz CT molecular complexity index is 1500. The highest BCUT2D eigenvalue weighted by atomic mass is 19.1. The second-order valence-corrected chi connectivity index (χ2v) is 10.1. The van der Waals surface area contributed by atoms with Gasteiger partial charge < -0.3 is 20.0 Å². The van der Waals surface area contributed by atoms with Crippen LogP contribution in [0.2, 0.25) is 0 Å². The second kappa shape index (κ2) is 9.25. The molecule has 2 aromatic heterocycles. The fraction of sp³-hybridized carbons (Fsp3) is 0.357. The van der Waals surface area contributed by atoms with Crippen LogP contribution in [-0.2, 0) is 0 Å². The third-order valence-electron chi connectivity index (χ3n) is 7.87. The van der Waals surface area contributed by atoms with E-state index in [9.17, 15) is 8.78 Å². The van der Waals surface area contributed by atoms with E-state index in [1.807, 2.05) is 6.07 Å². The van der Waals surface area contributed by atoms with Crippen LogP contribution in [-0.4, -0.2) is 84.9 Å². The zero-order chi connectivity index (χ0) is 24.9. The van der Waals surface area contributed by atoms with E-state index in [1.165, 1.54) is 24.3 Å². The van der Waals surface area contributed by atoms with Crippen molar-refractivity contribution in [3.05, 3.63) is 54.1 Å². The monoisotopic (exact) mass is 504 g/mol. The number of aromatic amines is 2. The summed E-state index contributed by atoms with van der Waals surface area (Å²) in [5, 5.41) is 10.4. The molecule has 7 rings (SSSR count). The number of nitrogens with one attached hydrogen (secondary N) is 4. The van der Waals surface area contributed by atoms with Crippen molar-refractivity contribution in [1.82, 2.24) is 30.4 Å². The van der Waals surface area contributed by atoms with Crippen LogP contribution in [0.4, 0.5) is 8.78 Å². The summed E-state index contributed by atoms with van der Waals surface area (Å²) in [6, 6.07) is 11.5. The predicted molar refractivity (Wildman–Crippen MR) is 143 cm³/mol. The molecular formula is C28H30F2N6O. The summed E-state index contributed by atoms with van der Waals surface area (Å²) >= 11 is 0. The maximum atomic E-state index is 14.1. The lowest BCUT2D eigenvalue weighted by Crippen LogP contribution is -2.61. The van der Waals surface area contributed by atoms with E-state index < -0.39 is 0 Å². The summed E-state index contributed by atoms with van der Waals surface area (Å²) in [4.78, 5) is 11.8. The Morgan fingerprint density at radius 3 is 2.03 bits per heavy atom. The summed E-state index contributed by atoms with van der Waals surface area (Å²) in [7, 11) is 0. The Kier molecular flexibility index (Phi) is 5.73. The topological polar surface area (TPSA) is 71.3 Å². The number of aromatic nitrogens is 2. The number of benzene rings is 3. The first kappa shape index (κ1) is 22.9. The third kappa shape index (κ3) is 4.12. The molecule has 0 saturated carbocycles. The smallest absolute Gasteiger partial charge is 0.167 e. The summed E-state index contributed by atoms with van der Waals surface area (Å²) in [6.07, 6.45) is 0.414. The van der Waals surface area contributed by atoms with E-state index in [1.54, 1.807) is 12.1 Å². The third-order valence-corrected chi connectivity index (χ3v) is 7.87. The van der Waals surface area contributed by atoms with E-state index in [-0.39, 0.29) is 11.6 Å². The highest BCUT2D eigenvalue weighted by molar-refractivity contribution is 6.20. The number of rotatable bonds is 5. The van der Waals surface area contributed by atoms with Crippen molar-refractivity contribution >= 4 is 43.6 Å². The lowest BCUT2D eigenvalue weighted by molar-refractivity contribution is 0.0678. The highest BCUT2D eigenvalue weighted by Crippen LogP contribution is 2.41. The first-order chi connectivity index (χ1) is 18.1. The van der Waals surface area contributed by atoms with Gasteiger partial charge in [-0.1, -0.05) is 0 Å². The number of H-pyrrole nitrogens is 2. The zero-order valence-corrected chi connectivity index (χ0v) is 20.5. The van der Waals surface area contributed by atoms with Crippen molar-refractivity contribution in [3.63, 3.8) is 0 Å². The molecule has 2 aliphatic heterocycles. The molecule has 4 heterocycles. The number of ether oxygens (including phenoxy) is 1. The minimum absolute atomic E-state index is 0.292. The van der Waals surface area contributed by atoms with Gasteiger partial charge in [-0.05, 0) is 42.5 Å². The number of hydrogen-bond donors (Lipinski definition) is 4. The Morgan fingerprint density at radius 2 is 1.43 bits per heavy atom. The molecule has 9 heteroatoms. The van der Waals surface area contributed by atoms with Gasteiger partial charge in [0.1, 0.15) is 18.2 Å². The minimum atomic E-state index is -0.292. The predicted octanol–water partition coefficient (Wildman–Crippen LogP) is 3.75. The van der Waals surface area contributed by atoms with Gasteiger partial charge in [0, 0.05) is 84.9 Å². The normalized spacial score (nSPS) is 20.0. The molecular weight excluding hydrogens is 474 g/mol. The zero-order valence-electron chi connectivity index (χ0n) is 20.5. The standard InChI is InChI=1S/C28H30F2N6O/c29-17-1-3-23-19(13-17)21-15-22-20-14-18(30)2-4-24(20)34-27(22)28(26(21)33-23)37-12-11-35-7-9-36(10-8-35)25-16-31-5-6-32-25/h1-4,13-15,25,31-34H,5-12,16H2. The van der Waals surface area contributed by atoms with Crippen molar-refractivity contribution < 1.29 is 13.5 Å². The summed E-state index contributed by atoms with van der Waals surface area (Å²) in [5.41, 5.74) is 3.32. The fourth-order valence-electron chi connectivity index (χ4n) is 5.91. The molecule has 5 aromatic rings. The van der Waals surface area contributed by atoms with Gasteiger partial charge in [0.2, 0.25) is 0 Å². The first-order valence-corrected chi connectivity index (χ1v) is 13.0. The SMILES string of the molecule is Fc1ccc2[nH]c3c(OCCN4CCN(C5CNCCN5)CC4)c4[nH]c5ccc(F)cc5c4cc3c2c1. The van der Waals surface area contributed by atoms with Gasteiger partial charge in [0.05, 0.1) is 17.2 Å². The minimum Gasteiger partial charge on any atom is -0.488 e. The molecule has 192 valence electrons. The highest BCUT2D eigenvalue weighted by Gasteiger charge is 2.25. The summed E-state index contributed by atoms with van der Waals surface area (Å²) in [5.74, 6) is 0.107. The Hall–Kier alpha value is -3.24. The van der Waals surface area contributed by atoms with Crippen LogP contribution in [0.25, 0.3) is 43.6 Å². The van der Waals surface area contributed by atoms with Crippen LogP contribution in [0.5, 0.6) is 5.75 Å². The molecule has 2 aliphatic rings. The van der Waals surface area contributed by atoms with Crippen LogP contribution < -0.4 is 15.4 Å². The molecule has 2 saturated heterocycles. The average molecular weight is 505 g/mol. The molecule has 1 atom stereocenters. The van der Waals surface area contributed by atoms with Crippen LogP contribution in [0.15, 0.2) is 42.5 Å². The van der Waals surface area contributed by atoms with Gasteiger partial charge in [0.25, 0.3) is 0 Å². The number of halogens is 2. The summed E-state index contributed by atoms with van der Waals surface area (Å²) in [6.45, 7) is 8.42. The van der Waals surface area contributed by atoms with E-state index in [0.29, 0.717) is 18.5 Å². The van der Waals surface area contributed by atoms with E-state index in [4.69, 9.17) is 4.74 Å². The number of fused-ring (bicyclic) bond motifs is 6. The molecule has 0 radical (unpaired) electrons. The average Bonchev–Trinajstić information content (AvgIpc) is 3.47. The van der Waals surface area contributed by atoms with Crippen molar-refractivity contribution in [2.75, 3.05) is 59.0 Å². The molecule has 37 heavy (non-hydrogen) atoms. The van der Waals surface area contributed by atoms with Crippen molar-refractivity contribution in [2.45, 2.75) is 6.17 Å². The van der Waals surface area contributed by atoms with Crippen molar-refractivity contribution in [2.24, 2.45) is 0 Å². The second-order valence-electron chi connectivity index (χ2n) is 10.1. The van der Waals surface area contributed by atoms with Crippen LogP contribution in [0.3, 0.4) is 0 Å². The van der Waals surface area contributed by atoms with Crippen LogP contribution >= 0.6 is 0 Å². The Labute approximate surface area is 212 Å². The lowest BCUT2D eigenvalue weighted by atomic mass is 10.1. The molecule has 3 aromatic carbocycles. The van der Waals surface area contributed by atoms with Gasteiger partial charge in [-0.3, -0.25) is 15.1 Å². The van der Waals surface area contributed by atoms with E-state index >= 15 is 0 Å².